The van der Waals surface area contributed by atoms with E-state index < -0.39 is 0 Å². The van der Waals surface area contributed by atoms with Crippen molar-refractivity contribution in [3.05, 3.63) is 18.1 Å². The summed E-state index contributed by atoms with van der Waals surface area (Å²) >= 11 is 4.95. The predicted molar refractivity (Wildman–Crippen MR) is 77.1 cm³/mol. The first kappa shape index (κ1) is 15.3. The van der Waals surface area contributed by atoms with E-state index in [-0.39, 0.29) is 17.5 Å². The van der Waals surface area contributed by atoms with E-state index in [1.165, 1.54) is 6.20 Å². The monoisotopic (exact) mass is 282 g/mol. The van der Waals surface area contributed by atoms with Crippen molar-refractivity contribution in [3.63, 3.8) is 0 Å². The number of thiocarbonyl (C=S) groups is 1. The molecule has 19 heavy (non-hydrogen) atoms. The van der Waals surface area contributed by atoms with Gasteiger partial charge < -0.3 is 15.4 Å². The standard InChI is InChI=1S/C12H18N4O2S/c1-3-7-16(8-9(17)18-4-2)12-10(11(13)19)14-5-6-15-12/h5-6H,3-4,7-8H2,1-2H3,(H2,13,19). The number of hydrogen-bond donors (Lipinski definition) is 1. The van der Waals surface area contributed by atoms with E-state index >= 15 is 0 Å². The molecule has 0 bridgehead atoms. The smallest absolute Gasteiger partial charge is 0.325 e. The van der Waals surface area contributed by atoms with Crippen LogP contribution in [0.3, 0.4) is 0 Å². The molecule has 0 amide bonds. The summed E-state index contributed by atoms with van der Waals surface area (Å²) in [5, 5.41) is 0. The van der Waals surface area contributed by atoms with E-state index in [1.54, 1.807) is 18.0 Å². The van der Waals surface area contributed by atoms with Crippen LogP contribution in [0.2, 0.25) is 0 Å². The van der Waals surface area contributed by atoms with Crippen LogP contribution in [-0.4, -0.2) is 40.6 Å². The summed E-state index contributed by atoms with van der Waals surface area (Å²) in [7, 11) is 0. The second-order valence-electron chi connectivity index (χ2n) is 3.82. The lowest BCUT2D eigenvalue weighted by molar-refractivity contribution is -0.141. The zero-order chi connectivity index (χ0) is 14.3. The second kappa shape index (κ2) is 7.63. The minimum absolute atomic E-state index is 0.107. The zero-order valence-electron chi connectivity index (χ0n) is 11.1. The molecular weight excluding hydrogens is 264 g/mol. The first-order chi connectivity index (χ1) is 9.10. The Hall–Kier alpha value is -1.76. The van der Waals surface area contributed by atoms with Gasteiger partial charge in [-0.25, -0.2) is 9.97 Å². The number of rotatable bonds is 7. The Labute approximate surface area is 118 Å². The lowest BCUT2D eigenvalue weighted by atomic mass is 10.3. The van der Waals surface area contributed by atoms with Gasteiger partial charge >= 0.3 is 5.97 Å². The number of hydrogen-bond acceptors (Lipinski definition) is 6. The maximum atomic E-state index is 11.6. The molecule has 1 heterocycles. The average Bonchev–Trinajstić information content (AvgIpc) is 2.38. The van der Waals surface area contributed by atoms with Gasteiger partial charge in [0.05, 0.1) is 6.61 Å². The van der Waals surface area contributed by atoms with Crippen LogP contribution in [0, 0.1) is 0 Å². The van der Waals surface area contributed by atoms with E-state index in [0.717, 1.165) is 6.42 Å². The summed E-state index contributed by atoms with van der Waals surface area (Å²) in [6.45, 7) is 4.88. The lowest BCUT2D eigenvalue weighted by Gasteiger charge is -2.23. The maximum absolute atomic E-state index is 11.6. The Morgan fingerprint density at radius 2 is 2.11 bits per heavy atom. The van der Waals surface area contributed by atoms with Crippen LogP contribution in [0.5, 0.6) is 0 Å². The molecule has 0 saturated heterocycles. The fourth-order valence-electron chi connectivity index (χ4n) is 1.63. The highest BCUT2D eigenvalue weighted by atomic mass is 32.1. The topological polar surface area (TPSA) is 81.3 Å². The third-order valence-electron chi connectivity index (χ3n) is 2.33. The van der Waals surface area contributed by atoms with Gasteiger partial charge in [0.15, 0.2) is 5.82 Å². The summed E-state index contributed by atoms with van der Waals surface area (Å²) < 4.78 is 4.95. The van der Waals surface area contributed by atoms with Crippen molar-refractivity contribution in [2.24, 2.45) is 5.73 Å². The number of nitrogens with zero attached hydrogens (tertiary/aromatic N) is 3. The number of aromatic nitrogens is 2. The first-order valence-corrected chi connectivity index (χ1v) is 6.52. The minimum Gasteiger partial charge on any atom is -0.465 e. The van der Waals surface area contributed by atoms with Crippen LogP contribution in [0.4, 0.5) is 5.82 Å². The summed E-state index contributed by atoms with van der Waals surface area (Å²) in [6, 6.07) is 0. The van der Waals surface area contributed by atoms with Crippen LogP contribution >= 0.6 is 12.2 Å². The molecule has 7 heteroatoms. The van der Waals surface area contributed by atoms with E-state index in [4.69, 9.17) is 22.7 Å². The van der Waals surface area contributed by atoms with Gasteiger partial charge in [-0.2, -0.15) is 0 Å². The van der Waals surface area contributed by atoms with Crippen molar-refractivity contribution >= 4 is 29.0 Å². The highest BCUT2D eigenvalue weighted by molar-refractivity contribution is 7.80. The molecule has 0 fully saturated rings. The third-order valence-corrected chi connectivity index (χ3v) is 2.52. The molecule has 104 valence electrons. The molecule has 2 N–H and O–H groups in total. The van der Waals surface area contributed by atoms with Gasteiger partial charge in [-0.3, -0.25) is 4.79 Å². The fourth-order valence-corrected chi connectivity index (χ4v) is 1.77. The molecular formula is C12H18N4O2S. The van der Waals surface area contributed by atoms with Gasteiger partial charge in [0.2, 0.25) is 0 Å². The Kier molecular flexibility index (Phi) is 6.14. The Bertz CT molecular complexity index is 453. The predicted octanol–water partition coefficient (Wildman–Crippen LogP) is 0.890. The summed E-state index contributed by atoms with van der Waals surface area (Å²) in [5.41, 5.74) is 6.05. The Morgan fingerprint density at radius 1 is 1.42 bits per heavy atom. The van der Waals surface area contributed by atoms with E-state index in [1.807, 2.05) is 6.92 Å². The summed E-state index contributed by atoms with van der Waals surface area (Å²) in [4.78, 5) is 21.9. The number of ether oxygens (including phenoxy) is 1. The fraction of sp³-hybridized carbons (Fsp3) is 0.500. The van der Waals surface area contributed by atoms with Gasteiger partial charge in [-0.05, 0) is 13.3 Å². The highest BCUT2D eigenvalue weighted by Crippen LogP contribution is 2.15. The molecule has 0 aliphatic heterocycles. The third kappa shape index (κ3) is 4.44. The van der Waals surface area contributed by atoms with E-state index in [0.29, 0.717) is 24.7 Å². The SMILES string of the molecule is CCCN(CC(=O)OCC)c1nccnc1C(N)=S. The molecule has 0 spiro atoms. The van der Waals surface area contributed by atoms with Crippen LogP contribution < -0.4 is 10.6 Å². The van der Waals surface area contributed by atoms with E-state index in [2.05, 4.69) is 9.97 Å². The van der Waals surface area contributed by atoms with Crippen molar-refractivity contribution in [1.29, 1.82) is 0 Å². The molecule has 0 aromatic carbocycles. The molecule has 0 unspecified atom stereocenters. The lowest BCUT2D eigenvalue weighted by Crippen LogP contribution is -2.34. The maximum Gasteiger partial charge on any atom is 0.325 e. The number of carbonyl (C=O) groups excluding carboxylic acids is 1. The van der Waals surface area contributed by atoms with Gasteiger partial charge in [0, 0.05) is 18.9 Å². The minimum atomic E-state index is -0.310. The number of esters is 1. The molecule has 0 atom stereocenters. The van der Waals surface area contributed by atoms with Gasteiger partial charge in [-0.1, -0.05) is 19.1 Å². The van der Waals surface area contributed by atoms with Crippen molar-refractivity contribution < 1.29 is 9.53 Å². The normalized spacial score (nSPS) is 10.0. The molecule has 6 nitrogen and oxygen atoms in total. The zero-order valence-corrected chi connectivity index (χ0v) is 11.9. The Morgan fingerprint density at radius 3 is 2.68 bits per heavy atom. The molecule has 1 aromatic rings. The van der Waals surface area contributed by atoms with E-state index in [9.17, 15) is 4.79 Å². The molecule has 1 aromatic heterocycles. The quantitative estimate of drug-likeness (QED) is 0.587. The molecule has 0 saturated carbocycles. The molecule has 0 aliphatic carbocycles. The van der Waals surface area contributed by atoms with Crippen LogP contribution in [0.1, 0.15) is 26.0 Å². The molecule has 0 radical (unpaired) electrons. The molecule has 1 rings (SSSR count). The van der Waals surface area contributed by atoms with Crippen molar-refractivity contribution in [1.82, 2.24) is 9.97 Å². The van der Waals surface area contributed by atoms with Crippen LogP contribution in [0.25, 0.3) is 0 Å². The van der Waals surface area contributed by atoms with Crippen LogP contribution in [0.15, 0.2) is 12.4 Å². The van der Waals surface area contributed by atoms with Gasteiger partial charge in [0.1, 0.15) is 17.2 Å². The van der Waals surface area contributed by atoms with Crippen molar-refractivity contribution in [3.8, 4) is 0 Å². The summed E-state index contributed by atoms with van der Waals surface area (Å²) in [6.07, 6.45) is 3.92. The largest absolute Gasteiger partial charge is 0.465 e. The first-order valence-electron chi connectivity index (χ1n) is 6.11. The van der Waals surface area contributed by atoms with Gasteiger partial charge in [-0.15, -0.1) is 0 Å². The summed E-state index contributed by atoms with van der Waals surface area (Å²) in [5.74, 6) is 0.209. The van der Waals surface area contributed by atoms with Gasteiger partial charge in [0.25, 0.3) is 0 Å². The number of carbonyl (C=O) groups is 1. The Balaban J connectivity index is 2.98. The average molecular weight is 282 g/mol. The van der Waals surface area contributed by atoms with Crippen molar-refractivity contribution in [2.75, 3.05) is 24.6 Å². The van der Waals surface area contributed by atoms with Crippen LogP contribution in [-0.2, 0) is 9.53 Å². The number of nitrogens with two attached hydrogens (primary N) is 1. The second-order valence-corrected chi connectivity index (χ2v) is 4.26. The van der Waals surface area contributed by atoms with Crippen molar-refractivity contribution in [2.45, 2.75) is 20.3 Å². The highest BCUT2D eigenvalue weighted by Gasteiger charge is 2.18. The number of anilines is 1. The molecule has 0 aliphatic rings.